The van der Waals surface area contributed by atoms with Gasteiger partial charge in [-0.2, -0.15) is 4.58 Å². The molecule has 0 saturated carbocycles. The molecule has 5 heteroatoms. The Morgan fingerprint density at radius 3 is 2.08 bits per heavy atom. The molecule has 0 saturated heterocycles. The summed E-state index contributed by atoms with van der Waals surface area (Å²) in [6.07, 6.45) is 11.8. The first-order valence-electron chi connectivity index (χ1n) is 17.5. The molecule has 3 aliphatic rings. The standard InChI is InChI=1S/C44H48ClN2O2/c1-28(48-7)46-36-24-20-30-14-9-11-18-34(30)40(36)43(3,4)38(46)26-22-32-16-13-17-33(42(32)45)23-27-39-44(5,6)41-35-19-12-10-15-31(35)21-25-37(41)47(39)29(2)49-8/h9-12,14-15,18-29H,13,16-17H2,1-8H3/q+1. The summed E-state index contributed by atoms with van der Waals surface area (Å²) in [5.41, 5.74) is 9.42. The highest BCUT2D eigenvalue weighted by Crippen LogP contribution is 2.52. The minimum atomic E-state index is -0.223. The number of hydrogen-bond acceptors (Lipinski definition) is 3. The fourth-order valence-electron chi connectivity index (χ4n) is 8.49. The van der Waals surface area contributed by atoms with E-state index in [1.807, 2.05) is 0 Å². The van der Waals surface area contributed by atoms with Gasteiger partial charge in [0.2, 0.25) is 5.69 Å². The van der Waals surface area contributed by atoms with E-state index < -0.39 is 0 Å². The molecule has 2 unspecified atom stereocenters. The van der Waals surface area contributed by atoms with Crippen molar-refractivity contribution in [1.82, 2.24) is 0 Å². The Hall–Kier alpha value is -3.96. The van der Waals surface area contributed by atoms with E-state index in [9.17, 15) is 0 Å². The van der Waals surface area contributed by atoms with E-state index in [1.165, 1.54) is 66.6 Å². The first-order chi connectivity index (χ1) is 23.5. The molecule has 4 nitrogen and oxygen atoms in total. The molecule has 49 heavy (non-hydrogen) atoms. The van der Waals surface area contributed by atoms with Crippen molar-refractivity contribution in [2.45, 2.75) is 84.1 Å². The molecule has 2 atom stereocenters. The minimum Gasteiger partial charge on any atom is -0.362 e. The van der Waals surface area contributed by atoms with Gasteiger partial charge in [0.1, 0.15) is 6.23 Å². The van der Waals surface area contributed by atoms with Gasteiger partial charge in [0, 0.05) is 60.7 Å². The SMILES string of the molecule is COC(C)N1/C(=C/C=C2\CCCC(/C=C/C3=[N+](C(C)OC)c4ccc5ccccc5c4C3(C)C)=C2Cl)C(C)(C)c2c1ccc1ccccc21. The van der Waals surface area contributed by atoms with E-state index in [2.05, 4.69) is 148 Å². The zero-order valence-electron chi connectivity index (χ0n) is 30.1. The van der Waals surface area contributed by atoms with Crippen LogP contribution >= 0.6 is 11.6 Å². The zero-order chi connectivity index (χ0) is 34.7. The molecule has 0 fully saturated rings. The Kier molecular flexibility index (Phi) is 8.71. The number of rotatable bonds is 7. The molecule has 2 aliphatic heterocycles. The van der Waals surface area contributed by atoms with Gasteiger partial charge < -0.3 is 14.4 Å². The topological polar surface area (TPSA) is 24.7 Å². The summed E-state index contributed by atoms with van der Waals surface area (Å²) >= 11 is 7.29. The van der Waals surface area contributed by atoms with Gasteiger partial charge in [0.25, 0.3) is 6.23 Å². The lowest BCUT2D eigenvalue weighted by Crippen LogP contribution is -2.34. The highest BCUT2D eigenvalue weighted by Gasteiger charge is 2.47. The quantitative estimate of drug-likeness (QED) is 0.183. The average molecular weight is 672 g/mol. The van der Waals surface area contributed by atoms with E-state index in [0.717, 1.165) is 24.3 Å². The number of hydrogen-bond donors (Lipinski definition) is 0. The van der Waals surface area contributed by atoms with Crippen LogP contribution in [0.15, 0.2) is 119 Å². The van der Waals surface area contributed by atoms with Crippen LogP contribution in [0.25, 0.3) is 21.5 Å². The van der Waals surface area contributed by atoms with Crippen molar-refractivity contribution in [2.24, 2.45) is 0 Å². The van der Waals surface area contributed by atoms with Gasteiger partial charge >= 0.3 is 0 Å². The van der Waals surface area contributed by atoms with Gasteiger partial charge in [-0.15, -0.1) is 0 Å². The van der Waals surface area contributed by atoms with Crippen molar-refractivity contribution in [2.75, 3.05) is 19.1 Å². The second-order valence-electron chi connectivity index (χ2n) is 14.7. The van der Waals surface area contributed by atoms with Crippen LogP contribution in [0.1, 0.15) is 71.9 Å². The van der Waals surface area contributed by atoms with Crippen LogP contribution in [0.3, 0.4) is 0 Å². The molecule has 4 aromatic rings. The van der Waals surface area contributed by atoms with Crippen LogP contribution in [0.2, 0.25) is 0 Å². The van der Waals surface area contributed by atoms with Crippen LogP contribution in [0, 0.1) is 0 Å². The summed E-state index contributed by atoms with van der Waals surface area (Å²) in [6, 6.07) is 26.3. The molecule has 0 aromatic heterocycles. The fraction of sp³-hybridized carbons (Fsp3) is 0.341. The van der Waals surface area contributed by atoms with Crippen LogP contribution in [0.5, 0.6) is 0 Å². The minimum absolute atomic E-state index is 0.118. The van der Waals surface area contributed by atoms with Crippen molar-refractivity contribution in [3.8, 4) is 0 Å². The fourth-order valence-corrected chi connectivity index (χ4v) is 8.81. The van der Waals surface area contributed by atoms with E-state index in [0.29, 0.717) is 0 Å². The van der Waals surface area contributed by atoms with E-state index >= 15 is 0 Å². The molecule has 0 N–H and O–H groups in total. The Balaban J connectivity index is 1.28. The lowest BCUT2D eigenvalue weighted by Gasteiger charge is -2.31. The van der Waals surface area contributed by atoms with E-state index in [-0.39, 0.29) is 23.3 Å². The number of nitrogens with zero attached hydrogens (tertiary/aromatic N) is 2. The van der Waals surface area contributed by atoms with Crippen molar-refractivity contribution >= 4 is 50.2 Å². The molecule has 1 aliphatic carbocycles. The van der Waals surface area contributed by atoms with E-state index in [1.54, 1.807) is 14.2 Å². The molecular weight excluding hydrogens is 624 g/mol. The second kappa shape index (κ2) is 12.7. The van der Waals surface area contributed by atoms with Crippen LogP contribution in [0.4, 0.5) is 11.4 Å². The van der Waals surface area contributed by atoms with Crippen LogP contribution in [-0.2, 0) is 20.3 Å². The first-order valence-corrected chi connectivity index (χ1v) is 17.9. The maximum Gasteiger partial charge on any atom is 0.260 e. The Morgan fingerprint density at radius 1 is 0.755 bits per heavy atom. The number of fused-ring (bicyclic) bond motifs is 6. The molecule has 0 bridgehead atoms. The number of benzene rings is 4. The van der Waals surface area contributed by atoms with Gasteiger partial charge in [0.05, 0.1) is 5.41 Å². The number of anilines is 1. The van der Waals surface area contributed by atoms with Gasteiger partial charge in [-0.05, 0) is 96.5 Å². The predicted octanol–water partition coefficient (Wildman–Crippen LogP) is 11.2. The number of halogens is 1. The lowest BCUT2D eigenvalue weighted by molar-refractivity contribution is -0.532. The summed E-state index contributed by atoms with van der Waals surface area (Å²) in [5.74, 6) is 0. The zero-order valence-corrected chi connectivity index (χ0v) is 30.9. The lowest BCUT2D eigenvalue weighted by atomic mass is 9.78. The summed E-state index contributed by atoms with van der Waals surface area (Å²) in [5, 5.41) is 5.95. The number of ether oxygens (including phenoxy) is 2. The molecule has 7 rings (SSSR count). The smallest absolute Gasteiger partial charge is 0.260 e. The maximum absolute atomic E-state index is 7.29. The highest BCUT2D eigenvalue weighted by atomic mass is 35.5. The van der Waals surface area contributed by atoms with E-state index in [4.69, 9.17) is 21.1 Å². The Bertz CT molecular complexity index is 2130. The second-order valence-corrected chi connectivity index (χ2v) is 15.1. The molecule has 2 heterocycles. The third-order valence-electron chi connectivity index (χ3n) is 11.1. The van der Waals surface area contributed by atoms with Crippen molar-refractivity contribution in [3.05, 3.63) is 130 Å². The van der Waals surface area contributed by atoms with Crippen molar-refractivity contribution in [1.29, 1.82) is 0 Å². The van der Waals surface area contributed by atoms with Gasteiger partial charge in [-0.25, -0.2) is 0 Å². The van der Waals surface area contributed by atoms with Crippen LogP contribution < -0.4 is 4.90 Å². The Labute approximate surface area is 296 Å². The third kappa shape index (κ3) is 5.40. The monoisotopic (exact) mass is 671 g/mol. The normalized spacial score (nSPS) is 21.4. The molecule has 0 amide bonds. The first kappa shape index (κ1) is 33.5. The van der Waals surface area contributed by atoms with Gasteiger partial charge in [-0.1, -0.05) is 92.2 Å². The van der Waals surface area contributed by atoms with Crippen LogP contribution in [-0.4, -0.2) is 37.0 Å². The van der Waals surface area contributed by atoms with Gasteiger partial charge in [0.15, 0.2) is 5.71 Å². The number of methoxy groups -OCH3 is 2. The number of allylic oxidation sites excluding steroid dienone is 8. The summed E-state index contributed by atoms with van der Waals surface area (Å²) in [7, 11) is 3.57. The summed E-state index contributed by atoms with van der Waals surface area (Å²) in [6.45, 7) is 13.5. The Morgan fingerprint density at radius 2 is 1.41 bits per heavy atom. The molecule has 0 spiro atoms. The largest absolute Gasteiger partial charge is 0.362 e. The molecular formula is C44H48ClN2O2+. The molecule has 4 aromatic carbocycles. The predicted molar refractivity (Wildman–Crippen MR) is 206 cm³/mol. The maximum atomic E-state index is 7.29. The third-order valence-corrected chi connectivity index (χ3v) is 11.6. The highest BCUT2D eigenvalue weighted by molar-refractivity contribution is 6.32. The van der Waals surface area contributed by atoms with Gasteiger partial charge in [-0.3, -0.25) is 0 Å². The molecule has 252 valence electrons. The molecule has 0 radical (unpaired) electrons. The average Bonchev–Trinajstić information content (AvgIpc) is 3.48. The van der Waals surface area contributed by atoms with Crippen molar-refractivity contribution < 1.29 is 14.0 Å². The summed E-state index contributed by atoms with van der Waals surface area (Å²) in [4.78, 5) is 2.35. The summed E-state index contributed by atoms with van der Waals surface area (Å²) < 4.78 is 14.2. The van der Waals surface area contributed by atoms with Crippen molar-refractivity contribution in [3.63, 3.8) is 0 Å².